The molecule has 0 amide bonds. The molecule has 8 nitrogen and oxygen atoms in total. The van der Waals surface area contributed by atoms with Crippen LogP contribution in [-0.2, 0) is 21.0 Å². The summed E-state index contributed by atoms with van der Waals surface area (Å²) in [6.45, 7) is 4.72. The minimum Gasteiger partial charge on any atom is -0.393 e. The molecule has 34 heavy (non-hydrogen) atoms. The zero-order valence-corrected chi connectivity index (χ0v) is 19.7. The number of hydrogen-bond acceptors (Lipinski definition) is 7. The summed E-state index contributed by atoms with van der Waals surface area (Å²) >= 11 is 0. The van der Waals surface area contributed by atoms with Crippen LogP contribution in [0.4, 0.5) is 0 Å². The maximum absolute atomic E-state index is 13.5. The van der Waals surface area contributed by atoms with Gasteiger partial charge in [0.15, 0.2) is 17.2 Å². The number of rotatable bonds is 4. The fraction of sp³-hybridized carbons (Fsp3) is 0.654. The fourth-order valence-electron chi connectivity index (χ4n) is 8.71. The molecule has 0 spiro atoms. The smallest absolute Gasteiger partial charge is 0.192 e. The van der Waals surface area contributed by atoms with Gasteiger partial charge in [-0.1, -0.05) is 25.5 Å². The number of H-pyrrole nitrogens is 1. The molecule has 4 fully saturated rings. The molecule has 1 aromatic heterocycles. The molecule has 1 unspecified atom stereocenters. The van der Waals surface area contributed by atoms with Crippen LogP contribution in [0, 0.1) is 34.5 Å². The molecule has 3 saturated carbocycles. The third-order valence-corrected chi connectivity index (χ3v) is 10.00. The van der Waals surface area contributed by atoms with E-state index in [1.54, 1.807) is 18.5 Å². The van der Waals surface area contributed by atoms with Crippen LogP contribution in [0.2, 0.25) is 0 Å². The Hall–Kier alpha value is -2.13. The summed E-state index contributed by atoms with van der Waals surface area (Å²) in [6, 6.07) is 0. The van der Waals surface area contributed by atoms with Crippen molar-refractivity contribution in [1.29, 1.82) is 0 Å². The van der Waals surface area contributed by atoms with Gasteiger partial charge in [0.2, 0.25) is 0 Å². The summed E-state index contributed by atoms with van der Waals surface area (Å²) < 4.78 is 0. The summed E-state index contributed by atoms with van der Waals surface area (Å²) in [5.74, 6) is 0.0812. The number of hydroxylamine groups is 2. The molecule has 8 atom stereocenters. The highest BCUT2D eigenvalue weighted by atomic mass is 16.7. The maximum Gasteiger partial charge on any atom is 0.192 e. The molecule has 8 heteroatoms. The van der Waals surface area contributed by atoms with Crippen molar-refractivity contribution in [2.45, 2.75) is 57.8 Å². The molecule has 1 saturated heterocycles. The van der Waals surface area contributed by atoms with Gasteiger partial charge in [-0.05, 0) is 49.7 Å². The van der Waals surface area contributed by atoms with Gasteiger partial charge in [-0.3, -0.25) is 14.4 Å². The molecular weight excluding hydrogens is 434 g/mol. The molecule has 182 valence electrons. The Morgan fingerprint density at radius 1 is 1.38 bits per heavy atom. The van der Waals surface area contributed by atoms with Crippen molar-refractivity contribution in [3.8, 4) is 0 Å². The van der Waals surface area contributed by atoms with Gasteiger partial charge in [-0.2, -0.15) is 5.06 Å². The fourth-order valence-corrected chi connectivity index (χ4v) is 8.71. The Balaban J connectivity index is 1.37. The van der Waals surface area contributed by atoms with Crippen molar-refractivity contribution < 1.29 is 24.6 Å². The van der Waals surface area contributed by atoms with Gasteiger partial charge in [0.05, 0.1) is 24.7 Å². The lowest BCUT2D eigenvalue weighted by Gasteiger charge is -2.59. The van der Waals surface area contributed by atoms with Crippen molar-refractivity contribution >= 4 is 11.6 Å². The number of nitrogens with zero attached hydrogens (tertiary/aromatic N) is 2. The topological polar surface area (TPSA) is 116 Å². The number of aliphatic hydroxyl groups excluding tert-OH is 2. The number of ketones is 2. The predicted octanol–water partition coefficient (Wildman–Crippen LogP) is 1.96. The normalized spacial score (nSPS) is 45.4. The Morgan fingerprint density at radius 2 is 2.21 bits per heavy atom. The van der Waals surface area contributed by atoms with Gasteiger partial charge < -0.3 is 15.2 Å². The molecule has 0 radical (unpaired) electrons. The van der Waals surface area contributed by atoms with E-state index in [1.807, 2.05) is 17.3 Å². The van der Waals surface area contributed by atoms with Crippen molar-refractivity contribution in [3.63, 3.8) is 0 Å². The van der Waals surface area contributed by atoms with E-state index in [0.717, 1.165) is 30.5 Å². The molecule has 6 rings (SSSR count). The van der Waals surface area contributed by atoms with E-state index in [4.69, 9.17) is 4.84 Å². The van der Waals surface area contributed by atoms with Gasteiger partial charge in [0, 0.05) is 35.4 Å². The maximum atomic E-state index is 13.5. The first-order valence-corrected chi connectivity index (χ1v) is 12.4. The number of aromatic amines is 1. The Kier molecular flexibility index (Phi) is 4.88. The highest BCUT2D eigenvalue weighted by Gasteiger charge is 2.75. The first kappa shape index (κ1) is 22.3. The predicted molar refractivity (Wildman–Crippen MR) is 122 cm³/mol. The Bertz CT molecular complexity index is 1080. The minimum atomic E-state index is -1.15. The van der Waals surface area contributed by atoms with Gasteiger partial charge in [0.25, 0.3) is 0 Å². The molecule has 1 aliphatic heterocycles. The molecule has 2 heterocycles. The van der Waals surface area contributed by atoms with Crippen molar-refractivity contribution in [1.82, 2.24) is 15.0 Å². The number of allylic oxidation sites excluding steroid dienone is 4. The van der Waals surface area contributed by atoms with E-state index in [-0.39, 0.29) is 40.7 Å². The first-order valence-electron chi connectivity index (χ1n) is 12.4. The first-order chi connectivity index (χ1) is 16.2. The van der Waals surface area contributed by atoms with E-state index in [2.05, 4.69) is 23.8 Å². The van der Waals surface area contributed by atoms with Crippen molar-refractivity contribution in [2.75, 3.05) is 13.2 Å². The zero-order chi connectivity index (χ0) is 23.9. The van der Waals surface area contributed by atoms with Gasteiger partial charge >= 0.3 is 0 Å². The van der Waals surface area contributed by atoms with Crippen molar-refractivity contribution in [3.05, 3.63) is 42.0 Å². The van der Waals surface area contributed by atoms with Crippen LogP contribution < -0.4 is 0 Å². The summed E-state index contributed by atoms with van der Waals surface area (Å²) in [6.07, 6.45) is 11.2. The van der Waals surface area contributed by atoms with Crippen LogP contribution >= 0.6 is 0 Å². The summed E-state index contributed by atoms with van der Waals surface area (Å²) in [5, 5.41) is 23.5. The molecular formula is C26H33N3O5. The van der Waals surface area contributed by atoms with E-state index in [9.17, 15) is 19.8 Å². The van der Waals surface area contributed by atoms with E-state index >= 15 is 0 Å². The second-order valence-corrected chi connectivity index (χ2v) is 11.4. The number of aliphatic hydroxyl groups is 2. The van der Waals surface area contributed by atoms with Crippen LogP contribution in [0.5, 0.6) is 0 Å². The molecule has 1 aromatic rings. The second-order valence-electron chi connectivity index (χ2n) is 11.4. The number of carbonyl (C=O) groups excluding carboxylic acids is 2. The summed E-state index contributed by atoms with van der Waals surface area (Å²) in [4.78, 5) is 39.3. The van der Waals surface area contributed by atoms with Crippen molar-refractivity contribution in [2.24, 2.45) is 34.5 Å². The van der Waals surface area contributed by atoms with Crippen LogP contribution in [-0.4, -0.2) is 61.7 Å². The third-order valence-electron chi connectivity index (χ3n) is 10.00. The van der Waals surface area contributed by atoms with Gasteiger partial charge in [0.1, 0.15) is 6.61 Å². The van der Waals surface area contributed by atoms with Gasteiger partial charge in [-0.25, -0.2) is 4.98 Å². The minimum absolute atomic E-state index is 0.00445. The number of nitrogens with one attached hydrogen (secondary N) is 1. The Labute approximate surface area is 199 Å². The molecule has 0 bridgehead atoms. The molecule has 4 aliphatic carbocycles. The molecule has 0 aromatic carbocycles. The van der Waals surface area contributed by atoms with E-state index in [1.165, 1.54) is 0 Å². The average Bonchev–Trinajstić information content (AvgIpc) is 3.49. The van der Waals surface area contributed by atoms with E-state index in [0.29, 0.717) is 19.5 Å². The largest absolute Gasteiger partial charge is 0.393 e. The number of hydrogen-bond donors (Lipinski definition) is 3. The SMILES string of the molecule is C[C@]12C=CC(=O)C=C1CC[C@@H]1C2[C@@H](O)C[C@@]2(C)[C@H]1C[C@H]1CN(Cc3c[nH]cn3)O[C@]12C(=O)CO. The molecule has 3 N–H and O–H groups in total. The number of fused-ring (bicyclic) bond motifs is 7. The highest BCUT2D eigenvalue weighted by Crippen LogP contribution is 2.70. The van der Waals surface area contributed by atoms with E-state index < -0.39 is 23.7 Å². The molecule has 5 aliphatic rings. The lowest BCUT2D eigenvalue weighted by molar-refractivity contribution is -0.254. The van der Waals surface area contributed by atoms with Crippen LogP contribution in [0.1, 0.15) is 45.2 Å². The number of aromatic nitrogens is 2. The number of carbonyl (C=O) groups is 2. The average molecular weight is 468 g/mol. The number of Topliss-reactive ketones (excluding diaryl/α,β-unsaturated/α-hetero) is 1. The number of imidazole rings is 1. The monoisotopic (exact) mass is 467 g/mol. The standard InChI is InChI=1S/C26H33N3O5/c1-24-6-5-18(31)7-15(24)3-4-19-20-8-16-11-29(12-17-10-27-14-28-17)34-26(16,22(33)13-30)25(20,2)9-21(32)23(19)24/h5-7,10,14,16,19-21,23,30,32H,3-4,8-9,11-13H2,1-2H3,(H,27,28)/t16-,19-,20-,21-,23?,24-,25-,26-/m0/s1. The van der Waals surface area contributed by atoms with Crippen LogP contribution in [0.3, 0.4) is 0 Å². The summed E-state index contributed by atoms with van der Waals surface area (Å²) in [7, 11) is 0. The van der Waals surface area contributed by atoms with Gasteiger partial charge in [-0.15, -0.1) is 0 Å². The summed E-state index contributed by atoms with van der Waals surface area (Å²) in [5.41, 5.74) is -0.148. The highest BCUT2D eigenvalue weighted by molar-refractivity contribution is 6.01. The Morgan fingerprint density at radius 3 is 2.94 bits per heavy atom. The third kappa shape index (κ3) is 2.77. The van der Waals surface area contributed by atoms with Crippen LogP contribution in [0.25, 0.3) is 0 Å². The lowest BCUT2D eigenvalue weighted by Crippen LogP contribution is -2.63. The van der Waals surface area contributed by atoms with Crippen LogP contribution in [0.15, 0.2) is 36.3 Å². The zero-order valence-electron chi connectivity index (χ0n) is 19.7. The second kappa shape index (κ2) is 7.43. The quantitative estimate of drug-likeness (QED) is 0.620. The lowest BCUT2D eigenvalue weighted by atomic mass is 9.46.